The summed E-state index contributed by atoms with van der Waals surface area (Å²) in [5.74, 6) is 0.462. The molecule has 0 saturated carbocycles. The molecule has 1 atom stereocenters. The summed E-state index contributed by atoms with van der Waals surface area (Å²) < 4.78 is 1.45. The third kappa shape index (κ3) is 4.05. The highest BCUT2D eigenvalue weighted by Gasteiger charge is 2.16. The second kappa shape index (κ2) is 7.52. The lowest BCUT2D eigenvalue weighted by Gasteiger charge is -2.22. The highest BCUT2D eigenvalue weighted by atomic mass is 35.5. The molecule has 1 saturated heterocycles. The molecule has 8 heteroatoms. The van der Waals surface area contributed by atoms with Crippen LogP contribution in [-0.2, 0) is 0 Å². The van der Waals surface area contributed by atoms with Gasteiger partial charge < -0.3 is 10.6 Å². The van der Waals surface area contributed by atoms with Gasteiger partial charge >= 0.3 is 0 Å². The minimum absolute atomic E-state index is 0.165. The van der Waals surface area contributed by atoms with Gasteiger partial charge in [-0.3, -0.25) is 4.79 Å². The number of benzene rings is 1. The minimum Gasteiger partial charge on any atom is -0.352 e. The number of aromatic nitrogens is 4. The van der Waals surface area contributed by atoms with Crippen LogP contribution in [0.5, 0.6) is 0 Å². The van der Waals surface area contributed by atoms with Gasteiger partial charge in [0.05, 0.1) is 11.3 Å². The Morgan fingerprint density at radius 3 is 3.13 bits per heavy atom. The Morgan fingerprint density at radius 2 is 2.39 bits per heavy atom. The lowest BCUT2D eigenvalue weighted by atomic mass is 9.96. The Kier molecular flexibility index (Phi) is 5.19. The van der Waals surface area contributed by atoms with Gasteiger partial charge in [0, 0.05) is 11.6 Å². The molecule has 0 radical (unpaired) electrons. The van der Waals surface area contributed by atoms with Crippen molar-refractivity contribution in [1.82, 2.24) is 30.8 Å². The Balaban J connectivity index is 1.65. The number of nitrogens with one attached hydrogen (secondary N) is 2. The van der Waals surface area contributed by atoms with Gasteiger partial charge in [0.15, 0.2) is 0 Å². The lowest BCUT2D eigenvalue weighted by Crippen LogP contribution is -2.33. The maximum absolute atomic E-state index is 12.5. The van der Waals surface area contributed by atoms with Crippen molar-refractivity contribution in [1.29, 1.82) is 0 Å². The van der Waals surface area contributed by atoms with E-state index in [0.29, 0.717) is 28.7 Å². The monoisotopic (exact) mass is 334 g/mol. The fourth-order valence-electron chi connectivity index (χ4n) is 2.82. The molecule has 3 rings (SSSR count). The first-order valence-electron chi connectivity index (χ1n) is 7.76. The van der Waals surface area contributed by atoms with E-state index >= 15 is 0 Å². The summed E-state index contributed by atoms with van der Waals surface area (Å²) in [5.41, 5.74) is 1.07. The van der Waals surface area contributed by atoms with Gasteiger partial charge in [0.25, 0.3) is 5.91 Å². The third-order valence-corrected chi connectivity index (χ3v) is 4.27. The van der Waals surface area contributed by atoms with Crippen molar-refractivity contribution in [3.05, 3.63) is 35.1 Å². The number of hydrogen-bond donors (Lipinski definition) is 2. The van der Waals surface area contributed by atoms with Gasteiger partial charge in [0.2, 0.25) is 0 Å². The normalized spacial score (nSPS) is 17.9. The fourth-order valence-corrected chi connectivity index (χ4v) is 2.99. The Labute approximate surface area is 139 Å². The standard InChI is InChI=1S/C15H19ClN6O/c16-12-3-4-14(22-10-19-20-21-22)13(8-12)15(23)18-7-5-11-2-1-6-17-9-11/h3-4,8,10-11,17H,1-2,5-7,9H2,(H,18,23). The van der Waals surface area contributed by atoms with Gasteiger partial charge in [-0.05, 0) is 66.9 Å². The summed E-state index contributed by atoms with van der Waals surface area (Å²) in [6.07, 6.45) is 4.85. The highest BCUT2D eigenvalue weighted by Crippen LogP contribution is 2.19. The number of halogens is 1. The molecule has 2 N–H and O–H groups in total. The van der Waals surface area contributed by atoms with Crippen LogP contribution in [-0.4, -0.2) is 45.7 Å². The van der Waals surface area contributed by atoms with Crippen LogP contribution < -0.4 is 10.6 Å². The first-order valence-corrected chi connectivity index (χ1v) is 8.13. The number of piperidine rings is 1. The number of carbonyl (C=O) groups is 1. The molecule has 1 aliphatic rings. The molecule has 1 aromatic carbocycles. The van der Waals surface area contributed by atoms with Crippen LogP contribution >= 0.6 is 11.6 Å². The fraction of sp³-hybridized carbons (Fsp3) is 0.467. The molecule has 2 heterocycles. The average Bonchev–Trinajstić information content (AvgIpc) is 3.10. The quantitative estimate of drug-likeness (QED) is 0.864. The average molecular weight is 335 g/mol. The summed E-state index contributed by atoms with van der Waals surface area (Å²) in [7, 11) is 0. The second-order valence-electron chi connectivity index (χ2n) is 5.67. The second-order valence-corrected chi connectivity index (χ2v) is 6.11. The number of carbonyl (C=O) groups excluding carboxylic acids is 1. The van der Waals surface area contributed by atoms with E-state index in [1.807, 2.05) is 0 Å². The van der Waals surface area contributed by atoms with Crippen LogP contribution in [0.4, 0.5) is 0 Å². The van der Waals surface area contributed by atoms with Crippen molar-refractivity contribution in [2.24, 2.45) is 5.92 Å². The van der Waals surface area contributed by atoms with E-state index in [4.69, 9.17) is 11.6 Å². The van der Waals surface area contributed by atoms with Gasteiger partial charge in [-0.1, -0.05) is 11.6 Å². The zero-order valence-corrected chi connectivity index (χ0v) is 13.5. The largest absolute Gasteiger partial charge is 0.352 e. The molecule has 0 bridgehead atoms. The van der Waals surface area contributed by atoms with Gasteiger partial charge in [-0.2, -0.15) is 4.68 Å². The summed E-state index contributed by atoms with van der Waals surface area (Å²) in [4.78, 5) is 12.5. The van der Waals surface area contributed by atoms with E-state index in [9.17, 15) is 4.79 Å². The van der Waals surface area contributed by atoms with Crippen LogP contribution in [0.1, 0.15) is 29.6 Å². The molecule has 1 aromatic heterocycles. The molecule has 1 aliphatic heterocycles. The van der Waals surface area contributed by atoms with Crippen LogP contribution in [0.2, 0.25) is 5.02 Å². The van der Waals surface area contributed by atoms with Crippen LogP contribution in [0.25, 0.3) is 5.69 Å². The summed E-state index contributed by atoms with van der Waals surface area (Å²) in [6, 6.07) is 5.08. The third-order valence-electron chi connectivity index (χ3n) is 4.04. The van der Waals surface area contributed by atoms with Gasteiger partial charge in [0.1, 0.15) is 6.33 Å². The number of nitrogens with zero attached hydrogens (tertiary/aromatic N) is 4. The van der Waals surface area contributed by atoms with Crippen molar-refractivity contribution >= 4 is 17.5 Å². The highest BCUT2D eigenvalue weighted by molar-refractivity contribution is 6.31. The van der Waals surface area contributed by atoms with E-state index in [-0.39, 0.29) is 5.91 Å². The Morgan fingerprint density at radius 1 is 1.48 bits per heavy atom. The van der Waals surface area contributed by atoms with E-state index in [1.165, 1.54) is 23.9 Å². The topological polar surface area (TPSA) is 84.7 Å². The van der Waals surface area contributed by atoms with Gasteiger partial charge in [-0.25, -0.2) is 0 Å². The van der Waals surface area contributed by atoms with Crippen LogP contribution in [0.15, 0.2) is 24.5 Å². The van der Waals surface area contributed by atoms with E-state index in [1.54, 1.807) is 18.2 Å². The number of hydrogen-bond acceptors (Lipinski definition) is 5. The maximum atomic E-state index is 12.5. The number of rotatable bonds is 5. The molecule has 1 amide bonds. The van der Waals surface area contributed by atoms with E-state index < -0.39 is 0 Å². The molecule has 2 aromatic rings. The van der Waals surface area contributed by atoms with Crippen molar-refractivity contribution in [3.63, 3.8) is 0 Å². The van der Waals surface area contributed by atoms with Crippen molar-refractivity contribution < 1.29 is 4.79 Å². The summed E-state index contributed by atoms with van der Waals surface area (Å²) >= 11 is 6.03. The predicted molar refractivity (Wildman–Crippen MR) is 86.7 cm³/mol. The van der Waals surface area contributed by atoms with Crippen LogP contribution in [0, 0.1) is 5.92 Å². The molecular weight excluding hydrogens is 316 g/mol. The minimum atomic E-state index is -0.165. The van der Waals surface area contributed by atoms with Crippen molar-refractivity contribution in [2.75, 3.05) is 19.6 Å². The van der Waals surface area contributed by atoms with Crippen molar-refractivity contribution in [2.45, 2.75) is 19.3 Å². The predicted octanol–water partition coefficient (Wildman–Crippen LogP) is 1.44. The van der Waals surface area contributed by atoms with E-state index in [0.717, 1.165) is 19.5 Å². The number of amides is 1. The maximum Gasteiger partial charge on any atom is 0.253 e. The SMILES string of the molecule is O=C(NCCC1CCCNC1)c1cc(Cl)ccc1-n1cnnn1. The van der Waals surface area contributed by atoms with Crippen molar-refractivity contribution in [3.8, 4) is 5.69 Å². The smallest absolute Gasteiger partial charge is 0.253 e. The first-order chi connectivity index (χ1) is 11.2. The molecule has 7 nitrogen and oxygen atoms in total. The lowest BCUT2D eigenvalue weighted by molar-refractivity contribution is 0.0950. The molecule has 23 heavy (non-hydrogen) atoms. The molecular formula is C15H19ClN6O. The molecule has 0 aliphatic carbocycles. The zero-order chi connectivity index (χ0) is 16.1. The molecule has 1 fully saturated rings. The molecule has 122 valence electrons. The van der Waals surface area contributed by atoms with E-state index in [2.05, 4.69) is 26.2 Å². The first kappa shape index (κ1) is 15.9. The van der Waals surface area contributed by atoms with Gasteiger partial charge in [-0.15, -0.1) is 5.10 Å². The van der Waals surface area contributed by atoms with Crippen LogP contribution in [0.3, 0.4) is 0 Å². The summed E-state index contributed by atoms with van der Waals surface area (Å²) in [6.45, 7) is 2.77. The Bertz CT molecular complexity index is 654. The Hall–Kier alpha value is -1.99. The summed E-state index contributed by atoms with van der Waals surface area (Å²) in [5, 5.41) is 17.9. The molecule has 0 spiro atoms. The molecule has 1 unspecified atom stereocenters. The number of tetrazole rings is 1. The zero-order valence-electron chi connectivity index (χ0n) is 12.7.